The molecule has 0 radical (unpaired) electrons. The van der Waals surface area contributed by atoms with Crippen molar-refractivity contribution in [1.82, 2.24) is 4.72 Å². The molecule has 0 aromatic heterocycles. The zero-order valence-corrected chi connectivity index (χ0v) is 14.9. The van der Waals surface area contributed by atoms with Gasteiger partial charge in [-0.15, -0.1) is 0 Å². The monoisotopic (exact) mass is 347 g/mol. The first-order valence-corrected chi connectivity index (χ1v) is 9.98. The molecule has 0 aliphatic carbocycles. The Kier molecular flexibility index (Phi) is 7.28. The second-order valence-electron chi connectivity index (χ2n) is 5.61. The van der Waals surface area contributed by atoms with Crippen LogP contribution < -0.4 is 9.46 Å². The molecule has 5 heteroatoms. The maximum Gasteiger partial charge on any atom is 0.211 e. The van der Waals surface area contributed by atoms with Crippen LogP contribution in [0.4, 0.5) is 0 Å². The highest BCUT2D eigenvalue weighted by Crippen LogP contribution is 2.17. The summed E-state index contributed by atoms with van der Waals surface area (Å²) >= 11 is 0. The number of hydrogen-bond donors (Lipinski definition) is 1. The first-order chi connectivity index (χ1) is 11.6. The van der Waals surface area contributed by atoms with Crippen LogP contribution >= 0.6 is 0 Å². The molecule has 0 aliphatic rings. The number of sulfonamides is 1. The summed E-state index contributed by atoms with van der Waals surface area (Å²) < 4.78 is 32.2. The lowest BCUT2D eigenvalue weighted by Gasteiger charge is -2.11. The Labute approximate surface area is 144 Å². The van der Waals surface area contributed by atoms with Gasteiger partial charge in [-0.25, -0.2) is 13.1 Å². The summed E-state index contributed by atoms with van der Waals surface area (Å²) in [5, 5.41) is 0. The van der Waals surface area contributed by atoms with E-state index in [9.17, 15) is 8.42 Å². The Balaban J connectivity index is 1.69. The number of ether oxygens (including phenoxy) is 1. The van der Waals surface area contributed by atoms with Crippen molar-refractivity contribution in [3.8, 4) is 5.75 Å². The topological polar surface area (TPSA) is 55.4 Å². The van der Waals surface area contributed by atoms with E-state index in [4.69, 9.17) is 4.74 Å². The van der Waals surface area contributed by atoms with Gasteiger partial charge >= 0.3 is 0 Å². The fourth-order valence-corrected chi connectivity index (χ4v) is 3.54. The summed E-state index contributed by atoms with van der Waals surface area (Å²) in [6.45, 7) is 2.68. The maximum absolute atomic E-state index is 12.0. The third-order valence-electron chi connectivity index (χ3n) is 3.76. The molecule has 0 saturated carbocycles. The molecule has 0 atom stereocenters. The fourth-order valence-electron chi connectivity index (χ4n) is 2.48. The van der Waals surface area contributed by atoms with Crippen molar-refractivity contribution in [1.29, 1.82) is 0 Å². The van der Waals surface area contributed by atoms with Crippen LogP contribution in [-0.4, -0.2) is 27.3 Å². The number of aryl methyl sites for hydroxylation is 2. The molecule has 24 heavy (non-hydrogen) atoms. The molecule has 0 amide bonds. The average molecular weight is 347 g/mol. The molecule has 4 nitrogen and oxygen atoms in total. The Morgan fingerprint density at radius 3 is 2.46 bits per heavy atom. The molecule has 2 aromatic rings. The molecule has 130 valence electrons. The quantitative estimate of drug-likeness (QED) is 0.672. The van der Waals surface area contributed by atoms with E-state index in [-0.39, 0.29) is 12.3 Å². The minimum Gasteiger partial charge on any atom is -0.492 e. The van der Waals surface area contributed by atoms with Crippen molar-refractivity contribution in [3.05, 3.63) is 65.7 Å². The van der Waals surface area contributed by atoms with Crippen LogP contribution in [-0.2, 0) is 22.9 Å². The van der Waals surface area contributed by atoms with E-state index >= 15 is 0 Å². The number of para-hydroxylation sites is 1. The standard InChI is InChI=1S/C19H25NO3S/c1-2-18-12-6-7-13-19(18)23-15-14-20-24(21,22)16-8-11-17-9-4-3-5-10-17/h3-7,9-10,12-13,20H,2,8,11,14-16H2,1H3. The Morgan fingerprint density at radius 2 is 1.71 bits per heavy atom. The molecule has 2 rings (SSSR count). The molecule has 0 heterocycles. The second-order valence-corrected chi connectivity index (χ2v) is 7.54. The van der Waals surface area contributed by atoms with E-state index < -0.39 is 10.0 Å². The zero-order chi connectivity index (χ0) is 17.3. The van der Waals surface area contributed by atoms with E-state index in [0.29, 0.717) is 13.0 Å². The minimum atomic E-state index is -3.25. The van der Waals surface area contributed by atoms with Crippen molar-refractivity contribution in [2.45, 2.75) is 26.2 Å². The van der Waals surface area contributed by atoms with Gasteiger partial charge in [0.25, 0.3) is 0 Å². The van der Waals surface area contributed by atoms with E-state index in [2.05, 4.69) is 11.6 Å². The van der Waals surface area contributed by atoms with Gasteiger partial charge in [-0.2, -0.15) is 0 Å². The highest BCUT2D eigenvalue weighted by atomic mass is 32.2. The first-order valence-electron chi connectivity index (χ1n) is 8.32. The van der Waals surface area contributed by atoms with Crippen LogP contribution in [0.1, 0.15) is 24.5 Å². The van der Waals surface area contributed by atoms with Crippen LogP contribution in [0.5, 0.6) is 5.75 Å². The van der Waals surface area contributed by atoms with Gasteiger partial charge in [0.15, 0.2) is 0 Å². The summed E-state index contributed by atoms with van der Waals surface area (Å²) in [6, 6.07) is 17.7. The Bertz CT molecular complexity index is 714. The summed E-state index contributed by atoms with van der Waals surface area (Å²) in [6.07, 6.45) is 2.27. The van der Waals surface area contributed by atoms with Crippen molar-refractivity contribution in [2.24, 2.45) is 0 Å². The highest BCUT2D eigenvalue weighted by Gasteiger charge is 2.09. The van der Waals surface area contributed by atoms with Crippen LogP contribution in [0, 0.1) is 0 Å². The van der Waals surface area contributed by atoms with Gasteiger partial charge in [0.2, 0.25) is 10.0 Å². The molecule has 0 spiro atoms. The Hall–Kier alpha value is -1.85. The summed E-state index contributed by atoms with van der Waals surface area (Å²) in [5.74, 6) is 0.955. The van der Waals surface area contributed by atoms with E-state index in [1.165, 1.54) is 0 Å². The van der Waals surface area contributed by atoms with Crippen molar-refractivity contribution in [2.75, 3.05) is 18.9 Å². The summed E-state index contributed by atoms with van der Waals surface area (Å²) in [5.41, 5.74) is 2.29. The van der Waals surface area contributed by atoms with Crippen LogP contribution in [0.3, 0.4) is 0 Å². The summed E-state index contributed by atoms with van der Waals surface area (Å²) in [4.78, 5) is 0. The lowest BCUT2D eigenvalue weighted by atomic mass is 10.1. The van der Waals surface area contributed by atoms with Gasteiger partial charge in [-0.05, 0) is 36.5 Å². The van der Waals surface area contributed by atoms with E-state index in [0.717, 1.165) is 29.7 Å². The van der Waals surface area contributed by atoms with E-state index in [1.807, 2.05) is 54.6 Å². The molecule has 1 N–H and O–H groups in total. The number of benzene rings is 2. The molecular weight excluding hydrogens is 322 g/mol. The highest BCUT2D eigenvalue weighted by molar-refractivity contribution is 7.89. The molecular formula is C19H25NO3S. The second kappa shape index (κ2) is 9.45. The van der Waals surface area contributed by atoms with Crippen LogP contribution in [0.25, 0.3) is 0 Å². The SMILES string of the molecule is CCc1ccccc1OCCNS(=O)(=O)CCCc1ccccc1. The number of nitrogens with one attached hydrogen (secondary N) is 1. The van der Waals surface area contributed by atoms with Crippen LogP contribution in [0.2, 0.25) is 0 Å². The van der Waals surface area contributed by atoms with Gasteiger partial charge in [-0.1, -0.05) is 55.5 Å². The predicted octanol–water partition coefficient (Wildman–Crippen LogP) is 3.18. The lowest BCUT2D eigenvalue weighted by molar-refractivity contribution is 0.320. The fraction of sp³-hybridized carbons (Fsp3) is 0.368. The van der Waals surface area contributed by atoms with Gasteiger partial charge in [0, 0.05) is 6.54 Å². The number of rotatable bonds is 10. The molecule has 0 aliphatic heterocycles. The number of hydrogen-bond acceptors (Lipinski definition) is 3. The van der Waals surface area contributed by atoms with Gasteiger partial charge in [0.05, 0.1) is 5.75 Å². The third kappa shape index (κ3) is 6.34. The summed E-state index contributed by atoms with van der Waals surface area (Å²) in [7, 11) is -3.25. The minimum absolute atomic E-state index is 0.132. The first kappa shape index (κ1) is 18.5. The third-order valence-corrected chi connectivity index (χ3v) is 5.23. The van der Waals surface area contributed by atoms with Crippen LogP contribution in [0.15, 0.2) is 54.6 Å². The van der Waals surface area contributed by atoms with Crippen molar-refractivity contribution in [3.63, 3.8) is 0 Å². The molecule has 0 saturated heterocycles. The predicted molar refractivity (Wildman–Crippen MR) is 97.9 cm³/mol. The normalized spacial score (nSPS) is 11.4. The maximum atomic E-state index is 12.0. The Morgan fingerprint density at radius 1 is 1.00 bits per heavy atom. The van der Waals surface area contributed by atoms with Crippen molar-refractivity contribution >= 4 is 10.0 Å². The smallest absolute Gasteiger partial charge is 0.211 e. The molecule has 0 unspecified atom stereocenters. The lowest BCUT2D eigenvalue weighted by Crippen LogP contribution is -2.30. The van der Waals surface area contributed by atoms with Crippen molar-refractivity contribution < 1.29 is 13.2 Å². The molecule has 2 aromatic carbocycles. The zero-order valence-electron chi connectivity index (χ0n) is 14.1. The molecule has 0 fully saturated rings. The molecule has 0 bridgehead atoms. The van der Waals surface area contributed by atoms with Gasteiger partial charge in [-0.3, -0.25) is 0 Å². The van der Waals surface area contributed by atoms with Gasteiger partial charge in [0.1, 0.15) is 12.4 Å². The average Bonchev–Trinajstić information content (AvgIpc) is 2.60. The largest absolute Gasteiger partial charge is 0.492 e. The van der Waals surface area contributed by atoms with Gasteiger partial charge < -0.3 is 4.74 Å². The van der Waals surface area contributed by atoms with E-state index in [1.54, 1.807) is 0 Å².